The van der Waals surface area contributed by atoms with Gasteiger partial charge in [0.05, 0.1) is 11.3 Å². The first-order valence-electron chi connectivity index (χ1n) is 11.2. The number of nitrogens with zero attached hydrogens (tertiary/aromatic N) is 2. The normalized spacial score (nSPS) is 13.9. The van der Waals surface area contributed by atoms with Gasteiger partial charge in [-0.3, -0.25) is 9.59 Å². The van der Waals surface area contributed by atoms with Crippen molar-refractivity contribution in [2.24, 2.45) is 0 Å². The molecular formula is C28H27ClN2O2. The highest BCUT2D eigenvalue weighted by Gasteiger charge is 2.42. The summed E-state index contributed by atoms with van der Waals surface area (Å²) in [5, 5.41) is 0.579. The smallest absolute Gasteiger partial charge is 0.282 e. The Morgan fingerprint density at radius 2 is 1.48 bits per heavy atom. The number of benzene rings is 3. The van der Waals surface area contributed by atoms with E-state index in [1.807, 2.05) is 66.4 Å². The van der Waals surface area contributed by atoms with E-state index < -0.39 is 0 Å². The second kappa shape index (κ2) is 9.63. The van der Waals surface area contributed by atoms with Crippen LogP contribution < -0.4 is 4.90 Å². The third-order valence-corrected chi connectivity index (χ3v) is 6.18. The zero-order chi connectivity index (χ0) is 23.5. The van der Waals surface area contributed by atoms with Gasteiger partial charge in [0.15, 0.2) is 0 Å². The molecular weight excluding hydrogens is 432 g/mol. The lowest BCUT2D eigenvalue weighted by atomic mass is 10.0. The standard InChI is InChI=1S/C28H27ClN2O2/c1-4-30(18-20-8-6-5-7-9-20)26-25(22-10-14-23(29)15-11-22)27(32)31(28(26)33)24-16-12-21(13-17-24)19(2)3/h5-17,19H,4,18H2,1-3H3. The third kappa shape index (κ3) is 4.57. The van der Waals surface area contributed by atoms with Crippen molar-refractivity contribution in [3.05, 3.63) is 106 Å². The molecule has 0 atom stereocenters. The topological polar surface area (TPSA) is 40.6 Å². The number of anilines is 1. The van der Waals surface area contributed by atoms with Crippen molar-refractivity contribution in [3.63, 3.8) is 0 Å². The van der Waals surface area contributed by atoms with Gasteiger partial charge in [-0.25, -0.2) is 4.90 Å². The second-order valence-electron chi connectivity index (χ2n) is 8.42. The Kier molecular flexibility index (Phi) is 6.66. The Hall–Kier alpha value is -3.37. The molecule has 0 radical (unpaired) electrons. The van der Waals surface area contributed by atoms with Gasteiger partial charge in [-0.05, 0) is 53.8 Å². The number of carbonyl (C=O) groups is 2. The largest absolute Gasteiger partial charge is 0.362 e. The Balaban J connectivity index is 1.79. The summed E-state index contributed by atoms with van der Waals surface area (Å²) in [6.07, 6.45) is 0. The summed E-state index contributed by atoms with van der Waals surface area (Å²) in [7, 11) is 0. The number of carbonyl (C=O) groups excluding carboxylic acids is 2. The van der Waals surface area contributed by atoms with Crippen LogP contribution >= 0.6 is 11.6 Å². The maximum Gasteiger partial charge on any atom is 0.282 e. The van der Waals surface area contributed by atoms with Gasteiger partial charge >= 0.3 is 0 Å². The van der Waals surface area contributed by atoms with E-state index in [-0.39, 0.29) is 11.8 Å². The molecule has 5 heteroatoms. The van der Waals surface area contributed by atoms with Crippen LogP contribution in [0.25, 0.3) is 5.57 Å². The van der Waals surface area contributed by atoms with Crippen LogP contribution in [-0.4, -0.2) is 23.3 Å². The summed E-state index contributed by atoms with van der Waals surface area (Å²) in [5.41, 5.74) is 4.31. The Morgan fingerprint density at radius 3 is 2.06 bits per heavy atom. The molecule has 1 heterocycles. The number of halogens is 1. The molecule has 33 heavy (non-hydrogen) atoms. The maximum absolute atomic E-state index is 13.8. The van der Waals surface area contributed by atoms with Crippen LogP contribution in [0.5, 0.6) is 0 Å². The van der Waals surface area contributed by atoms with Crippen molar-refractivity contribution >= 4 is 34.7 Å². The van der Waals surface area contributed by atoms with E-state index in [1.54, 1.807) is 24.3 Å². The van der Waals surface area contributed by atoms with Crippen molar-refractivity contribution in [1.82, 2.24) is 4.90 Å². The number of hydrogen-bond donors (Lipinski definition) is 0. The highest BCUT2D eigenvalue weighted by molar-refractivity contribution is 6.45. The molecule has 0 unspecified atom stereocenters. The molecule has 3 aromatic carbocycles. The van der Waals surface area contributed by atoms with Crippen LogP contribution in [-0.2, 0) is 16.1 Å². The fourth-order valence-corrected chi connectivity index (χ4v) is 4.21. The molecule has 1 aliphatic heterocycles. The predicted octanol–water partition coefficient (Wildman–Crippen LogP) is 6.27. The van der Waals surface area contributed by atoms with Crippen molar-refractivity contribution in [3.8, 4) is 0 Å². The minimum atomic E-state index is -0.318. The zero-order valence-corrected chi connectivity index (χ0v) is 19.8. The Labute approximate surface area is 200 Å². The first-order valence-corrected chi connectivity index (χ1v) is 11.6. The van der Waals surface area contributed by atoms with E-state index in [4.69, 9.17) is 11.6 Å². The quantitative estimate of drug-likeness (QED) is 0.392. The van der Waals surface area contributed by atoms with Gasteiger partial charge in [0.1, 0.15) is 5.70 Å². The van der Waals surface area contributed by atoms with Gasteiger partial charge in [-0.2, -0.15) is 0 Å². The molecule has 0 saturated carbocycles. The number of amides is 2. The summed E-state index contributed by atoms with van der Waals surface area (Å²) >= 11 is 6.09. The monoisotopic (exact) mass is 458 g/mol. The highest BCUT2D eigenvalue weighted by atomic mass is 35.5. The molecule has 0 bridgehead atoms. The first kappa shape index (κ1) is 22.8. The van der Waals surface area contributed by atoms with E-state index in [1.165, 1.54) is 4.90 Å². The average Bonchev–Trinajstić information content (AvgIpc) is 3.08. The van der Waals surface area contributed by atoms with E-state index >= 15 is 0 Å². The first-order chi connectivity index (χ1) is 15.9. The fraction of sp³-hybridized carbons (Fsp3) is 0.214. The Morgan fingerprint density at radius 1 is 0.848 bits per heavy atom. The van der Waals surface area contributed by atoms with Crippen LogP contribution in [0.1, 0.15) is 43.4 Å². The van der Waals surface area contributed by atoms with Crippen molar-refractivity contribution in [1.29, 1.82) is 0 Å². The molecule has 2 amide bonds. The molecule has 0 spiro atoms. The second-order valence-corrected chi connectivity index (χ2v) is 8.86. The van der Waals surface area contributed by atoms with E-state index in [9.17, 15) is 9.59 Å². The lowest BCUT2D eigenvalue weighted by Gasteiger charge is -2.25. The zero-order valence-electron chi connectivity index (χ0n) is 19.1. The molecule has 4 rings (SSSR count). The molecule has 0 saturated heterocycles. The maximum atomic E-state index is 13.8. The van der Waals surface area contributed by atoms with Gasteiger partial charge in [-0.15, -0.1) is 0 Å². The van der Waals surface area contributed by atoms with Crippen molar-refractivity contribution in [2.75, 3.05) is 11.4 Å². The molecule has 0 aliphatic carbocycles. The van der Waals surface area contributed by atoms with Crippen LogP contribution in [0.4, 0.5) is 5.69 Å². The highest BCUT2D eigenvalue weighted by Crippen LogP contribution is 2.36. The SMILES string of the molecule is CCN(Cc1ccccc1)C1=C(c2ccc(Cl)cc2)C(=O)N(c2ccc(C(C)C)cc2)C1=O. The van der Waals surface area contributed by atoms with Gasteiger partial charge < -0.3 is 4.90 Å². The molecule has 1 aliphatic rings. The summed E-state index contributed by atoms with van der Waals surface area (Å²) in [4.78, 5) is 30.7. The van der Waals surface area contributed by atoms with Crippen molar-refractivity contribution in [2.45, 2.75) is 33.2 Å². The molecule has 0 N–H and O–H groups in total. The van der Waals surface area contributed by atoms with Crippen LogP contribution in [0.15, 0.2) is 84.6 Å². The van der Waals surface area contributed by atoms with Crippen LogP contribution in [0, 0.1) is 0 Å². The predicted molar refractivity (Wildman–Crippen MR) is 134 cm³/mol. The summed E-state index contributed by atoms with van der Waals surface area (Å²) < 4.78 is 0. The minimum absolute atomic E-state index is 0.306. The summed E-state index contributed by atoms with van der Waals surface area (Å²) in [5.74, 6) is -0.259. The van der Waals surface area contributed by atoms with Crippen LogP contribution in [0.2, 0.25) is 5.02 Å². The lowest BCUT2D eigenvalue weighted by molar-refractivity contribution is -0.120. The number of imide groups is 1. The van der Waals surface area contributed by atoms with Gasteiger partial charge in [0.25, 0.3) is 11.8 Å². The van der Waals surface area contributed by atoms with Crippen LogP contribution in [0.3, 0.4) is 0 Å². The molecule has 168 valence electrons. The van der Waals surface area contributed by atoms with E-state index in [2.05, 4.69) is 13.8 Å². The van der Waals surface area contributed by atoms with Gasteiger partial charge in [0.2, 0.25) is 0 Å². The summed E-state index contributed by atoms with van der Waals surface area (Å²) in [6.45, 7) is 7.33. The Bertz CT molecular complexity index is 1180. The van der Waals surface area contributed by atoms with E-state index in [0.29, 0.717) is 46.6 Å². The lowest BCUT2D eigenvalue weighted by Crippen LogP contribution is -2.35. The van der Waals surface area contributed by atoms with Gasteiger partial charge in [0, 0.05) is 18.1 Å². The average molecular weight is 459 g/mol. The van der Waals surface area contributed by atoms with Crippen molar-refractivity contribution < 1.29 is 9.59 Å². The van der Waals surface area contributed by atoms with E-state index in [0.717, 1.165) is 11.1 Å². The minimum Gasteiger partial charge on any atom is -0.362 e. The number of likely N-dealkylation sites (N-methyl/N-ethyl adjacent to an activating group) is 1. The molecule has 0 fully saturated rings. The summed E-state index contributed by atoms with van der Waals surface area (Å²) in [6, 6.07) is 24.7. The fourth-order valence-electron chi connectivity index (χ4n) is 4.08. The molecule has 3 aromatic rings. The number of rotatable bonds is 7. The van der Waals surface area contributed by atoms with Gasteiger partial charge in [-0.1, -0.05) is 80.0 Å². The third-order valence-electron chi connectivity index (χ3n) is 5.92. The molecule has 0 aromatic heterocycles. The molecule has 4 nitrogen and oxygen atoms in total. The number of hydrogen-bond acceptors (Lipinski definition) is 3.